The first-order chi connectivity index (χ1) is 6.88. The van der Waals surface area contributed by atoms with E-state index >= 15 is 0 Å². The molecule has 0 amide bonds. The van der Waals surface area contributed by atoms with Crippen molar-refractivity contribution in [2.45, 2.75) is 19.0 Å². The normalized spacial score (nSPS) is 22.8. The molecule has 1 fully saturated rings. The van der Waals surface area contributed by atoms with Gasteiger partial charge in [0.2, 0.25) is 0 Å². The lowest BCUT2D eigenvalue weighted by atomic mass is 10.2. The third-order valence-corrected chi connectivity index (χ3v) is 2.84. The van der Waals surface area contributed by atoms with E-state index in [1.54, 1.807) is 0 Å². The van der Waals surface area contributed by atoms with E-state index in [0.29, 0.717) is 6.04 Å². The molecular formula is C11H17N3. The standard InChI is InChI=1S/C11H17N3/c1-12-11-4-7-14(9-11)8-10-2-5-13-6-3-10/h2-3,5-6,11-12H,4,7-9H2,1H3. The Kier molecular flexibility index (Phi) is 3.11. The van der Waals surface area contributed by atoms with Crippen LogP contribution in [0.15, 0.2) is 24.5 Å². The summed E-state index contributed by atoms with van der Waals surface area (Å²) in [5.74, 6) is 0. The van der Waals surface area contributed by atoms with Crippen LogP contribution < -0.4 is 5.32 Å². The monoisotopic (exact) mass is 191 g/mol. The van der Waals surface area contributed by atoms with Gasteiger partial charge in [-0.15, -0.1) is 0 Å². The van der Waals surface area contributed by atoms with E-state index in [9.17, 15) is 0 Å². The Morgan fingerprint density at radius 1 is 1.50 bits per heavy atom. The molecule has 1 atom stereocenters. The molecule has 0 aromatic carbocycles. The van der Waals surface area contributed by atoms with Crippen LogP contribution in [-0.4, -0.2) is 36.1 Å². The highest BCUT2D eigenvalue weighted by Crippen LogP contribution is 2.12. The average Bonchev–Trinajstić information content (AvgIpc) is 2.67. The van der Waals surface area contributed by atoms with Crippen molar-refractivity contribution in [3.63, 3.8) is 0 Å². The Morgan fingerprint density at radius 3 is 2.93 bits per heavy atom. The Balaban J connectivity index is 1.88. The second kappa shape index (κ2) is 4.53. The number of hydrogen-bond acceptors (Lipinski definition) is 3. The van der Waals surface area contributed by atoms with Crippen molar-refractivity contribution in [1.29, 1.82) is 0 Å². The van der Waals surface area contributed by atoms with Crippen molar-refractivity contribution < 1.29 is 0 Å². The molecule has 1 saturated heterocycles. The van der Waals surface area contributed by atoms with Crippen LogP contribution in [0.5, 0.6) is 0 Å². The molecule has 3 nitrogen and oxygen atoms in total. The summed E-state index contributed by atoms with van der Waals surface area (Å²) in [7, 11) is 2.04. The summed E-state index contributed by atoms with van der Waals surface area (Å²) in [5, 5.41) is 3.33. The average molecular weight is 191 g/mol. The molecule has 1 aromatic heterocycles. The van der Waals surface area contributed by atoms with Gasteiger partial charge in [0.05, 0.1) is 0 Å². The fourth-order valence-electron chi connectivity index (χ4n) is 1.96. The topological polar surface area (TPSA) is 28.2 Å². The van der Waals surface area contributed by atoms with Crippen LogP contribution in [0.3, 0.4) is 0 Å². The van der Waals surface area contributed by atoms with Crippen LogP contribution in [0, 0.1) is 0 Å². The molecule has 2 heterocycles. The zero-order valence-corrected chi connectivity index (χ0v) is 8.61. The van der Waals surface area contributed by atoms with Crippen molar-refractivity contribution in [3.05, 3.63) is 30.1 Å². The highest BCUT2D eigenvalue weighted by Gasteiger charge is 2.20. The van der Waals surface area contributed by atoms with Crippen LogP contribution in [0.2, 0.25) is 0 Å². The number of nitrogens with one attached hydrogen (secondary N) is 1. The molecule has 0 aliphatic carbocycles. The van der Waals surface area contributed by atoms with E-state index in [2.05, 4.69) is 27.3 Å². The van der Waals surface area contributed by atoms with Crippen molar-refractivity contribution in [2.24, 2.45) is 0 Å². The molecule has 76 valence electrons. The number of hydrogen-bond donors (Lipinski definition) is 1. The maximum Gasteiger partial charge on any atom is 0.0271 e. The van der Waals surface area contributed by atoms with Gasteiger partial charge in [0.1, 0.15) is 0 Å². The SMILES string of the molecule is CNC1CCN(Cc2ccncc2)C1. The lowest BCUT2D eigenvalue weighted by Gasteiger charge is -2.15. The summed E-state index contributed by atoms with van der Waals surface area (Å²) in [5.41, 5.74) is 1.36. The first-order valence-electron chi connectivity index (χ1n) is 5.17. The molecule has 0 radical (unpaired) electrons. The molecule has 1 unspecified atom stereocenters. The van der Waals surface area contributed by atoms with E-state index in [1.165, 1.54) is 25.1 Å². The molecule has 0 bridgehead atoms. The van der Waals surface area contributed by atoms with Gasteiger partial charge in [-0.1, -0.05) is 0 Å². The largest absolute Gasteiger partial charge is 0.316 e. The van der Waals surface area contributed by atoms with Crippen molar-refractivity contribution in [3.8, 4) is 0 Å². The lowest BCUT2D eigenvalue weighted by molar-refractivity contribution is 0.322. The van der Waals surface area contributed by atoms with Gasteiger partial charge in [0.15, 0.2) is 0 Å². The molecule has 1 N–H and O–H groups in total. The van der Waals surface area contributed by atoms with Crippen molar-refractivity contribution >= 4 is 0 Å². The molecule has 3 heteroatoms. The quantitative estimate of drug-likeness (QED) is 0.768. The predicted octanol–water partition coefficient (Wildman–Crippen LogP) is 0.875. The maximum atomic E-state index is 4.02. The second-order valence-electron chi connectivity index (χ2n) is 3.86. The van der Waals surface area contributed by atoms with Crippen molar-refractivity contribution in [1.82, 2.24) is 15.2 Å². The Morgan fingerprint density at radius 2 is 2.29 bits per heavy atom. The van der Waals surface area contributed by atoms with Crippen LogP contribution >= 0.6 is 0 Å². The Bertz CT molecular complexity index is 273. The molecule has 0 saturated carbocycles. The van der Waals surface area contributed by atoms with E-state index < -0.39 is 0 Å². The summed E-state index contributed by atoms with van der Waals surface area (Å²) < 4.78 is 0. The summed E-state index contributed by atoms with van der Waals surface area (Å²) in [6.45, 7) is 3.42. The summed E-state index contributed by atoms with van der Waals surface area (Å²) >= 11 is 0. The molecule has 1 aliphatic rings. The molecule has 0 spiro atoms. The van der Waals surface area contributed by atoms with Gasteiger partial charge in [-0.05, 0) is 31.2 Å². The summed E-state index contributed by atoms with van der Waals surface area (Å²) in [6, 6.07) is 4.86. The van der Waals surface area contributed by atoms with Crippen LogP contribution in [0.1, 0.15) is 12.0 Å². The summed E-state index contributed by atoms with van der Waals surface area (Å²) in [6.07, 6.45) is 4.99. The number of likely N-dealkylation sites (N-methyl/N-ethyl adjacent to an activating group) is 1. The van der Waals surface area contributed by atoms with Crippen LogP contribution in [0.4, 0.5) is 0 Å². The van der Waals surface area contributed by atoms with E-state index in [0.717, 1.165) is 6.54 Å². The molecule has 14 heavy (non-hydrogen) atoms. The smallest absolute Gasteiger partial charge is 0.0271 e. The number of nitrogens with zero attached hydrogens (tertiary/aromatic N) is 2. The van der Waals surface area contributed by atoms with Gasteiger partial charge < -0.3 is 5.32 Å². The van der Waals surface area contributed by atoms with Crippen molar-refractivity contribution in [2.75, 3.05) is 20.1 Å². The first-order valence-corrected chi connectivity index (χ1v) is 5.17. The lowest BCUT2D eigenvalue weighted by Crippen LogP contribution is -2.29. The van der Waals surface area contributed by atoms with E-state index in [1.807, 2.05) is 19.4 Å². The van der Waals surface area contributed by atoms with Gasteiger partial charge >= 0.3 is 0 Å². The van der Waals surface area contributed by atoms with E-state index in [-0.39, 0.29) is 0 Å². The van der Waals surface area contributed by atoms with Crippen LogP contribution in [0.25, 0.3) is 0 Å². The fourth-order valence-corrected chi connectivity index (χ4v) is 1.96. The minimum atomic E-state index is 0.678. The van der Waals surface area contributed by atoms with Gasteiger partial charge in [-0.25, -0.2) is 0 Å². The third kappa shape index (κ3) is 2.30. The van der Waals surface area contributed by atoms with Gasteiger partial charge in [0.25, 0.3) is 0 Å². The maximum absolute atomic E-state index is 4.02. The fraction of sp³-hybridized carbons (Fsp3) is 0.545. The number of aromatic nitrogens is 1. The highest BCUT2D eigenvalue weighted by atomic mass is 15.2. The highest BCUT2D eigenvalue weighted by molar-refractivity contribution is 5.09. The molecule has 1 aliphatic heterocycles. The predicted molar refractivity (Wildman–Crippen MR) is 57.0 cm³/mol. The second-order valence-corrected chi connectivity index (χ2v) is 3.86. The van der Waals surface area contributed by atoms with Gasteiger partial charge in [0, 0.05) is 38.1 Å². The number of pyridine rings is 1. The number of likely N-dealkylation sites (tertiary alicyclic amines) is 1. The Labute approximate surface area is 85.1 Å². The zero-order chi connectivity index (χ0) is 9.80. The molecule has 1 aromatic rings. The van der Waals surface area contributed by atoms with E-state index in [4.69, 9.17) is 0 Å². The van der Waals surface area contributed by atoms with Gasteiger partial charge in [-0.3, -0.25) is 9.88 Å². The Hall–Kier alpha value is -0.930. The third-order valence-electron chi connectivity index (χ3n) is 2.84. The zero-order valence-electron chi connectivity index (χ0n) is 8.61. The number of rotatable bonds is 3. The first kappa shape index (κ1) is 9.62. The molecular weight excluding hydrogens is 174 g/mol. The van der Waals surface area contributed by atoms with Gasteiger partial charge in [-0.2, -0.15) is 0 Å². The summed E-state index contributed by atoms with van der Waals surface area (Å²) in [4.78, 5) is 6.50. The minimum Gasteiger partial charge on any atom is -0.316 e. The molecule has 2 rings (SSSR count). The minimum absolute atomic E-state index is 0.678. The van der Waals surface area contributed by atoms with Crippen LogP contribution in [-0.2, 0) is 6.54 Å².